The topological polar surface area (TPSA) is 41.6 Å². The first-order chi connectivity index (χ1) is 10.6. The number of hydrogen-bond donors (Lipinski definition) is 1. The number of methoxy groups -OCH3 is 1. The van der Waals surface area contributed by atoms with E-state index in [-0.39, 0.29) is 17.5 Å². The minimum atomic E-state index is -0.375. The van der Waals surface area contributed by atoms with Crippen molar-refractivity contribution in [3.63, 3.8) is 0 Å². The zero-order valence-corrected chi connectivity index (χ0v) is 13.4. The predicted octanol–water partition coefficient (Wildman–Crippen LogP) is 2.72. The minimum Gasteiger partial charge on any atom is -0.494 e. The fourth-order valence-corrected chi connectivity index (χ4v) is 2.94. The lowest BCUT2D eigenvalue weighted by molar-refractivity contribution is -0.123. The van der Waals surface area contributed by atoms with Gasteiger partial charge in [-0.15, -0.1) is 0 Å². The molecule has 0 unspecified atom stereocenters. The van der Waals surface area contributed by atoms with Crippen LogP contribution in [-0.4, -0.2) is 37.6 Å². The Morgan fingerprint density at radius 1 is 1.36 bits per heavy atom. The fourth-order valence-electron chi connectivity index (χ4n) is 2.94. The molecule has 1 aliphatic rings. The van der Waals surface area contributed by atoms with E-state index < -0.39 is 0 Å². The van der Waals surface area contributed by atoms with Gasteiger partial charge in [-0.1, -0.05) is 25.3 Å². The lowest BCUT2D eigenvalue weighted by Gasteiger charge is -2.24. The van der Waals surface area contributed by atoms with Gasteiger partial charge in [0.2, 0.25) is 5.91 Å². The zero-order chi connectivity index (χ0) is 15.9. The van der Waals surface area contributed by atoms with Crippen LogP contribution in [0.15, 0.2) is 18.2 Å². The first-order valence-corrected chi connectivity index (χ1v) is 7.89. The highest BCUT2D eigenvalue weighted by molar-refractivity contribution is 5.78. The van der Waals surface area contributed by atoms with Crippen LogP contribution in [0.3, 0.4) is 0 Å². The molecule has 1 amide bonds. The van der Waals surface area contributed by atoms with Crippen molar-refractivity contribution in [1.82, 2.24) is 10.2 Å². The summed E-state index contributed by atoms with van der Waals surface area (Å²) in [5, 5.41) is 3.09. The zero-order valence-electron chi connectivity index (χ0n) is 13.4. The maximum atomic E-state index is 13.6. The standard InChI is InChI=1S/C17H25FN2O2/c1-20(11-13-8-9-16(22-2)15(18)10-13)12-17(21)19-14-6-4-3-5-7-14/h8-10,14H,3-7,11-12H2,1-2H3,(H,19,21). The fraction of sp³-hybridized carbons (Fsp3) is 0.588. The Labute approximate surface area is 131 Å². The second-order valence-electron chi connectivity index (χ2n) is 6.04. The summed E-state index contributed by atoms with van der Waals surface area (Å²) in [6.07, 6.45) is 5.84. The molecule has 0 atom stereocenters. The average Bonchev–Trinajstić information content (AvgIpc) is 2.48. The number of likely N-dealkylation sites (N-methyl/N-ethyl adjacent to an activating group) is 1. The van der Waals surface area contributed by atoms with E-state index in [1.54, 1.807) is 6.07 Å². The largest absolute Gasteiger partial charge is 0.494 e. The molecule has 0 bridgehead atoms. The highest BCUT2D eigenvalue weighted by Gasteiger charge is 2.16. The van der Waals surface area contributed by atoms with Gasteiger partial charge in [-0.25, -0.2) is 4.39 Å². The van der Waals surface area contributed by atoms with Crippen LogP contribution < -0.4 is 10.1 Å². The van der Waals surface area contributed by atoms with Crippen molar-refractivity contribution in [1.29, 1.82) is 0 Å². The van der Waals surface area contributed by atoms with E-state index >= 15 is 0 Å². The molecule has 0 spiro atoms. The third kappa shape index (κ3) is 4.98. The second-order valence-corrected chi connectivity index (χ2v) is 6.04. The Morgan fingerprint density at radius 3 is 2.73 bits per heavy atom. The molecular weight excluding hydrogens is 283 g/mol. The van der Waals surface area contributed by atoms with Gasteiger partial charge in [-0.05, 0) is 37.6 Å². The Kier molecular flexibility index (Phi) is 6.19. The van der Waals surface area contributed by atoms with Crippen LogP contribution in [0, 0.1) is 5.82 Å². The molecule has 1 N–H and O–H groups in total. The highest BCUT2D eigenvalue weighted by atomic mass is 19.1. The maximum Gasteiger partial charge on any atom is 0.234 e. The van der Waals surface area contributed by atoms with E-state index in [0.717, 1.165) is 18.4 Å². The number of carbonyl (C=O) groups excluding carboxylic acids is 1. The van der Waals surface area contributed by atoms with Gasteiger partial charge in [0.25, 0.3) is 0 Å². The van der Waals surface area contributed by atoms with Crippen molar-refractivity contribution < 1.29 is 13.9 Å². The third-order valence-electron chi connectivity index (χ3n) is 4.05. The SMILES string of the molecule is COc1ccc(CN(C)CC(=O)NC2CCCCC2)cc1F. The number of rotatable bonds is 6. The molecule has 0 radical (unpaired) electrons. The van der Waals surface area contributed by atoms with Crippen molar-refractivity contribution >= 4 is 5.91 Å². The van der Waals surface area contributed by atoms with E-state index in [2.05, 4.69) is 5.32 Å². The van der Waals surface area contributed by atoms with E-state index in [1.807, 2.05) is 18.0 Å². The molecule has 1 aromatic rings. The Hall–Kier alpha value is -1.62. The average molecular weight is 308 g/mol. The van der Waals surface area contributed by atoms with Gasteiger partial charge < -0.3 is 10.1 Å². The van der Waals surface area contributed by atoms with Crippen LogP contribution in [-0.2, 0) is 11.3 Å². The lowest BCUT2D eigenvalue weighted by Crippen LogP contribution is -2.41. The molecule has 0 saturated heterocycles. The number of ether oxygens (including phenoxy) is 1. The van der Waals surface area contributed by atoms with Gasteiger partial charge in [-0.2, -0.15) is 0 Å². The predicted molar refractivity (Wildman–Crippen MR) is 84.3 cm³/mol. The van der Waals surface area contributed by atoms with Gasteiger partial charge in [-0.3, -0.25) is 9.69 Å². The van der Waals surface area contributed by atoms with Crippen molar-refractivity contribution in [3.05, 3.63) is 29.6 Å². The Morgan fingerprint density at radius 2 is 2.09 bits per heavy atom. The number of hydrogen-bond acceptors (Lipinski definition) is 3. The monoisotopic (exact) mass is 308 g/mol. The van der Waals surface area contributed by atoms with Gasteiger partial charge in [0, 0.05) is 12.6 Å². The van der Waals surface area contributed by atoms with Crippen molar-refractivity contribution in [3.8, 4) is 5.75 Å². The summed E-state index contributed by atoms with van der Waals surface area (Å²) in [7, 11) is 3.31. The lowest BCUT2D eigenvalue weighted by atomic mass is 9.95. The van der Waals surface area contributed by atoms with E-state index in [0.29, 0.717) is 19.1 Å². The van der Waals surface area contributed by atoms with Gasteiger partial charge in [0.1, 0.15) is 0 Å². The molecule has 0 aromatic heterocycles. The smallest absolute Gasteiger partial charge is 0.234 e. The second kappa shape index (κ2) is 8.13. The molecule has 4 nitrogen and oxygen atoms in total. The van der Waals surface area contributed by atoms with Crippen LogP contribution in [0.1, 0.15) is 37.7 Å². The van der Waals surface area contributed by atoms with Crippen LogP contribution in [0.5, 0.6) is 5.75 Å². The van der Waals surface area contributed by atoms with Crippen molar-refractivity contribution in [2.24, 2.45) is 0 Å². The summed E-state index contributed by atoms with van der Waals surface area (Å²) >= 11 is 0. The summed E-state index contributed by atoms with van der Waals surface area (Å²) in [6.45, 7) is 0.850. The summed E-state index contributed by atoms with van der Waals surface area (Å²) in [4.78, 5) is 13.9. The van der Waals surface area contributed by atoms with Gasteiger partial charge >= 0.3 is 0 Å². The number of amides is 1. The summed E-state index contributed by atoms with van der Waals surface area (Å²) in [5.41, 5.74) is 0.825. The first kappa shape index (κ1) is 16.7. The van der Waals surface area contributed by atoms with E-state index in [9.17, 15) is 9.18 Å². The molecule has 0 aliphatic heterocycles. The normalized spacial score (nSPS) is 15.8. The Bertz CT molecular complexity index is 501. The molecule has 0 heterocycles. The molecule has 5 heteroatoms. The summed E-state index contributed by atoms with van der Waals surface area (Å²) < 4.78 is 18.6. The van der Waals surface area contributed by atoms with Crippen LogP contribution >= 0.6 is 0 Å². The van der Waals surface area contributed by atoms with E-state index in [4.69, 9.17) is 4.74 Å². The van der Waals surface area contributed by atoms with Crippen LogP contribution in [0.2, 0.25) is 0 Å². The van der Waals surface area contributed by atoms with Crippen molar-refractivity contribution in [2.45, 2.75) is 44.7 Å². The molecule has 122 valence electrons. The molecular formula is C17H25FN2O2. The summed E-state index contributed by atoms with van der Waals surface area (Å²) in [6, 6.07) is 5.21. The number of benzene rings is 1. The molecule has 2 rings (SSSR count). The van der Waals surface area contributed by atoms with Crippen LogP contribution in [0.25, 0.3) is 0 Å². The highest BCUT2D eigenvalue weighted by Crippen LogP contribution is 2.19. The van der Waals surface area contributed by atoms with Gasteiger partial charge in [0.05, 0.1) is 13.7 Å². The first-order valence-electron chi connectivity index (χ1n) is 7.89. The molecule has 1 aromatic carbocycles. The third-order valence-corrected chi connectivity index (χ3v) is 4.05. The Balaban J connectivity index is 1.80. The molecule has 1 aliphatic carbocycles. The van der Waals surface area contributed by atoms with Crippen molar-refractivity contribution in [2.75, 3.05) is 20.7 Å². The van der Waals surface area contributed by atoms with Crippen LogP contribution in [0.4, 0.5) is 4.39 Å². The number of nitrogens with zero attached hydrogens (tertiary/aromatic N) is 1. The quantitative estimate of drug-likeness (QED) is 0.878. The van der Waals surface area contributed by atoms with Gasteiger partial charge in [0.15, 0.2) is 11.6 Å². The molecule has 1 saturated carbocycles. The molecule has 1 fully saturated rings. The molecule has 22 heavy (non-hydrogen) atoms. The number of halogens is 1. The maximum absolute atomic E-state index is 13.6. The minimum absolute atomic E-state index is 0.0448. The number of carbonyl (C=O) groups is 1. The summed E-state index contributed by atoms with van der Waals surface area (Å²) in [5.74, 6) is -0.0927. The van der Waals surface area contributed by atoms with E-state index in [1.165, 1.54) is 32.4 Å². The number of nitrogens with one attached hydrogen (secondary N) is 1.